The summed E-state index contributed by atoms with van der Waals surface area (Å²) in [5.41, 5.74) is 4.12. The van der Waals surface area contributed by atoms with E-state index in [0.717, 1.165) is 11.0 Å². The lowest BCUT2D eigenvalue weighted by Crippen LogP contribution is -2.22. The van der Waals surface area contributed by atoms with Crippen LogP contribution in [0.3, 0.4) is 0 Å². The van der Waals surface area contributed by atoms with Gasteiger partial charge in [-0.15, -0.1) is 0 Å². The van der Waals surface area contributed by atoms with Gasteiger partial charge in [0.15, 0.2) is 11.6 Å². The summed E-state index contributed by atoms with van der Waals surface area (Å²) in [7, 11) is 1.86. The third-order valence-corrected chi connectivity index (χ3v) is 5.51. The van der Waals surface area contributed by atoms with Crippen LogP contribution in [0.5, 0.6) is 0 Å². The summed E-state index contributed by atoms with van der Waals surface area (Å²) in [6, 6.07) is 19.6. The molecule has 0 atom stereocenters. The van der Waals surface area contributed by atoms with Crippen LogP contribution >= 0.6 is 0 Å². The van der Waals surface area contributed by atoms with E-state index < -0.39 is 0 Å². The number of aryl methyl sites for hydroxylation is 1. The topological polar surface area (TPSA) is 69.0 Å². The van der Waals surface area contributed by atoms with Gasteiger partial charge in [0.05, 0.1) is 11.0 Å². The van der Waals surface area contributed by atoms with Crippen LogP contribution in [0.2, 0.25) is 0 Å². The van der Waals surface area contributed by atoms with Crippen LogP contribution in [0.4, 0.5) is 0 Å². The average Bonchev–Trinajstić information content (AvgIpc) is 3.12. The molecule has 0 unspecified atom stereocenters. The lowest BCUT2D eigenvalue weighted by molar-refractivity contribution is -0.104. The van der Waals surface area contributed by atoms with Gasteiger partial charge in [-0.05, 0) is 23.8 Å². The first-order chi connectivity index (χ1) is 14.6. The van der Waals surface area contributed by atoms with E-state index in [1.54, 1.807) is 42.5 Å². The molecule has 0 saturated heterocycles. The Morgan fingerprint density at radius 3 is 2.23 bits per heavy atom. The van der Waals surface area contributed by atoms with Crippen LogP contribution in [0.15, 0.2) is 72.8 Å². The standard InChI is InChI=1S/C25H16N2O3/c1-27-21-12-5-4-11-20(21)26-25(27)18(13-14-28)15-9-6-10-19-22(15)24(30)17-8-3-2-7-16(17)23(19)29/h2-14H,1H3. The van der Waals surface area contributed by atoms with Crippen molar-refractivity contribution in [2.45, 2.75) is 0 Å². The number of fused-ring (bicyclic) bond motifs is 3. The predicted molar refractivity (Wildman–Crippen MR) is 114 cm³/mol. The Morgan fingerprint density at radius 1 is 0.833 bits per heavy atom. The number of carbonyl (C=O) groups is 3. The highest BCUT2D eigenvalue weighted by Crippen LogP contribution is 2.35. The Morgan fingerprint density at radius 2 is 1.50 bits per heavy atom. The molecular formula is C25H16N2O3. The predicted octanol–water partition coefficient (Wildman–Crippen LogP) is 3.98. The molecule has 0 bridgehead atoms. The first kappa shape index (κ1) is 17.9. The van der Waals surface area contributed by atoms with Gasteiger partial charge in [0, 0.05) is 34.9 Å². The molecule has 0 amide bonds. The maximum Gasteiger partial charge on any atom is 0.195 e. The Balaban J connectivity index is 1.79. The number of hydrogen-bond donors (Lipinski definition) is 0. The van der Waals surface area contributed by atoms with Crippen LogP contribution < -0.4 is 0 Å². The van der Waals surface area contributed by atoms with Gasteiger partial charge in [0.25, 0.3) is 0 Å². The molecule has 0 spiro atoms. The van der Waals surface area contributed by atoms with Crippen LogP contribution in [0.25, 0.3) is 16.6 Å². The quantitative estimate of drug-likeness (QED) is 0.344. The molecule has 0 aliphatic heterocycles. The molecule has 1 aromatic heterocycles. The first-order valence-corrected chi connectivity index (χ1v) is 9.51. The number of nitrogens with zero attached hydrogens (tertiary/aromatic N) is 2. The van der Waals surface area contributed by atoms with E-state index in [4.69, 9.17) is 0 Å². The summed E-state index contributed by atoms with van der Waals surface area (Å²) in [6.45, 7) is 0. The number of benzene rings is 3. The Labute approximate surface area is 172 Å². The highest BCUT2D eigenvalue weighted by Gasteiger charge is 2.32. The zero-order valence-corrected chi connectivity index (χ0v) is 16.1. The van der Waals surface area contributed by atoms with Gasteiger partial charge in [-0.25, -0.2) is 4.98 Å². The van der Waals surface area contributed by atoms with Gasteiger partial charge >= 0.3 is 0 Å². The number of aldehydes is 1. The van der Waals surface area contributed by atoms with E-state index in [9.17, 15) is 14.4 Å². The van der Waals surface area contributed by atoms with Crippen LogP contribution in [-0.2, 0) is 11.8 Å². The lowest BCUT2D eigenvalue weighted by atomic mass is 9.80. The van der Waals surface area contributed by atoms with E-state index in [1.165, 1.54) is 6.08 Å². The average molecular weight is 392 g/mol. The Kier molecular flexibility index (Phi) is 4.03. The van der Waals surface area contributed by atoms with Gasteiger partial charge in [0.2, 0.25) is 0 Å². The van der Waals surface area contributed by atoms with Crippen molar-refractivity contribution in [2.75, 3.05) is 0 Å². The Hall–Kier alpha value is -4.12. The fourth-order valence-electron chi connectivity index (χ4n) is 4.11. The molecule has 0 fully saturated rings. The molecular weight excluding hydrogens is 376 g/mol. The fourth-order valence-corrected chi connectivity index (χ4v) is 4.11. The third kappa shape index (κ3) is 2.49. The molecule has 1 aliphatic rings. The minimum absolute atomic E-state index is 0.197. The molecule has 4 aromatic rings. The number of ketones is 2. The van der Waals surface area contributed by atoms with Crippen molar-refractivity contribution in [2.24, 2.45) is 7.05 Å². The van der Waals surface area contributed by atoms with Gasteiger partial charge in [-0.3, -0.25) is 14.4 Å². The van der Waals surface area contributed by atoms with Gasteiger partial charge in [-0.2, -0.15) is 0 Å². The molecule has 5 heteroatoms. The number of hydrogen-bond acceptors (Lipinski definition) is 4. The SMILES string of the molecule is Cn1c(C(=CC=O)c2cccc3c2C(=O)c2ccccc2C3=O)nc2ccccc21. The molecule has 0 radical (unpaired) electrons. The highest BCUT2D eigenvalue weighted by atomic mass is 16.1. The number of aromatic nitrogens is 2. The third-order valence-electron chi connectivity index (χ3n) is 5.51. The van der Waals surface area contributed by atoms with Crippen molar-refractivity contribution in [1.82, 2.24) is 9.55 Å². The van der Waals surface area contributed by atoms with Crippen molar-refractivity contribution < 1.29 is 14.4 Å². The lowest BCUT2D eigenvalue weighted by Gasteiger charge is -2.21. The second-order valence-electron chi connectivity index (χ2n) is 7.13. The summed E-state index contributed by atoms with van der Waals surface area (Å²) in [5, 5.41) is 0. The van der Waals surface area contributed by atoms with E-state index in [0.29, 0.717) is 45.5 Å². The molecule has 5 rings (SSSR count). The summed E-state index contributed by atoms with van der Waals surface area (Å²) < 4.78 is 1.88. The number of para-hydroxylation sites is 2. The first-order valence-electron chi connectivity index (χ1n) is 9.51. The van der Waals surface area contributed by atoms with Crippen LogP contribution in [0.1, 0.15) is 43.2 Å². The monoisotopic (exact) mass is 392 g/mol. The zero-order valence-electron chi connectivity index (χ0n) is 16.1. The molecule has 5 nitrogen and oxygen atoms in total. The van der Waals surface area contributed by atoms with Crippen molar-refractivity contribution in [3.05, 3.63) is 106 Å². The molecule has 3 aromatic carbocycles. The molecule has 0 N–H and O–H groups in total. The van der Waals surface area contributed by atoms with E-state index in [-0.39, 0.29) is 11.6 Å². The van der Waals surface area contributed by atoms with Gasteiger partial charge in [0.1, 0.15) is 12.1 Å². The molecule has 144 valence electrons. The number of carbonyl (C=O) groups excluding carboxylic acids is 3. The number of imidazole rings is 1. The molecule has 0 saturated carbocycles. The molecule has 30 heavy (non-hydrogen) atoms. The largest absolute Gasteiger partial charge is 0.327 e. The summed E-state index contributed by atoms with van der Waals surface area (Å²) >= 11 is 0. The minimum atomic E-state index is -0.230. The fraction of sp³-hybridized carbons (Fsp3) is 0.0400. The zero-order chi connectivity index (χ0) is 20.8. The second kappa shape index (κ2) is 6.74. The number of allylic oxidation sites excluding steroid dienone is 1. The molecule has 1 heterocycles. The Bertz CT molecular complexity index is 1410. The maximum atomic E-state index is 13.4. The normalized spacial score (nSPS) is 13.3. The smallest absolute Gasteiger partial charge is 0.195 e. The minimum Gasteiger partial charge on any atom is -0.327 e. The van der Waals surface area contributed by atoms with Crippen molar-refractivity contribution in [3.8, 4) is 0 Å². The molecule has 1 aliphatic carbocycles. The second-order valence-corrected chi connectivity index (χ2v) is 7.13. The maximum absolute atomic E-state index is 13.4. The van der Waals surface area contributed by atoms with Crippen molar-refractivity contribution in [3.63, 3.8) is 0 Å². The van der Waals surface area contributed by atoms with Gasteiger partial charge < -0.3 is 4.57 Å². The van der Waals surface area contributed by atoms with Crippen LogP contribution in [-0.4, -0.2) is 27.4 Å². The highest BCUT2D eigenvalue weighted by molar-refractivity contribution is 6.29. The van der Waals surface area contributed by atoms with E-state index in [1.807, 2.05) is 35.9 Å². The van der Waals surface area contributed by atoms with E-state index >= 15 is 0 Å². The summed E-state index contributed by atoms with van der Waals surface area (Å²) in [6.07, 6.45) is 2.08. The van der Waals surface area contributed by atoms with Gasteiger partial charge in [-0.1, -0.05) is 54.6 Å². The number of rotatable bonds is 3. The van der Waals surface area contributed by atoms with Crippen molar-refractivity contribution in [1.29, 1.82) is 0 Å². The summed E-state index contributed by atoms with van der Waals surface area (Å²) in [5.74, 6) is 0.125. The van der Waals surface area contributed by atoms with Crippen molar-refractivity contribution >= 4 is 34.5 Å². The summed E-state index contributed by atoms with van der Waals surface area (Å²) in [4.78, 5) is 42.7. The van der Waals surface area contributed by atoms with E-state index in [2.05, 4.69) is 4.98 Å². The van der Waals surface area contributed by atoms with Crippen LogP contribution in [0, 0.1) is 0 Å².